The summed E-state index contributed by atoms with van der Waals surface area (Å²) in [6.45, 7) is 1.39. The summed E-state index contributed by atoms with van der Waals surface area (Å²) in [5, 5.41) is 11.5. The standard InChI is InChI=1S/C19H25N5O/c1-23(16-10-6-8-14-7-2-3-9-15(14)16)19(25)20-13-18-22-21-17-11-4-5-12-24(17)18/h2-3,7,9,16H,4-6,8,10-13H2,1H3,(H,20,25)/t16-/m1/s1. The average molecular weight is 339 g/mol. The van der Waals surface area contributed by atoms with E-state index < -0.39 is 0 Å². The van der Waals surface area contributed by atoms with Crippen molar-refractivity contribution in [3.05, 3.63) is 47.0 Å². The van der Waals surface area contributed by atoms with Gasteiger partial charge in [-0.15, -0.1) is 10.2 Å². The molecule has 1 N–H and O–H groups in total. The molecule has 6 heteroatoms. The van der Waals surface area contributed by atoms with Gasteiger partial charge in [-0.3, -0.25) is 0 Å². The molecule has 1 aromatic carbocycles. The minimum Gasteiger partial charge on any atom is -0.331 e. The Bertz CT molecular complexity index is 769. The Morgan fingerprint density at radius 2 is 2.12 bits per heavy atom. The van der Waals surface area contributed by atoms with Crippen molar-refractivity contribution in [2.75, 3.05) is 7.05 Å². The van der Waals surface area contributed by atoms with Crippen LogP contribution in [0.1, 0.15) is 54.5 Å². The van der Waals surface area contributed by atoms with E-state index in [-0.39, 0.29) is 12.1 Å². The summed E-state index contributed by atoms with van der Waals surface area (Å²) >= 11 is 0. The molecule has 4 rings (SSSR count). The topological polar surface area (TPSA) is 63.1 Å². The molecule has 25 heavy (non-hydrogen) atoms. The SMILES string of the molecule is CN(C(=O)NCc1nnc2n1CCCC2)[C@@H]1CCCc2ccccc21. The Morgan fingerprint density at radius 1 is 1.24 bits per heavy atom. The number of carbonyl (C=O) groups is 1. The second-order valence-electron chi connectivity index (χ2n) is 7.02. The van der Waals surface area contributed by atoms with Gasteiger partial charge >= 0.3 is 6.03 Å². The Morgan fingerprint density at radius 3 is 3.04 bits per heavy atom. The van der Waals surface area contributed by atoms with Crippen LogP contribution in [0, 0.1) is 0 Å². The van der Waals surface area contributed by atoms with Crippen molar-refractivity contribution in [1.29, 1.82) is 0 Å². The van der Waals surface area contributed by atoms with Crippen LogP contribution in [-0.2, 0) is 25.9 Å². The largest absolute Gasteiger partial charge is 0.331 e. The number of benzene rings is 1. The molecule has 1 atom stereocenters. The first-order valence-corrected chi connectivity index (χ1v) is 9.23. The van der Waals surface area contributed by atoms with Gasteiger partial charge in [0.15, 0.2) is 5.82 Å². The fraction of sp³-hybridized carbons (Fsp3) is 0.526. The van der Waals surface area contributed by atoms with Crippen molar-refractivity contribution in [1.82, 2.24) is 25.0 Å². The van der Waals surface area contributed by atoms with E-state index in [1.54, 1.807) is 0 Å². The Kier molecular flexibility index (Phi) is 4.42. The van der Waals surface area contributed by atoms with E-state index in [0.717, 1.165) is 50.3 Å². The zero-order valence-corrected chi connectivity index (χ0v) is 14.7. The summed E-state index contributed by atoms with van der Waals surface area (Å²) in [5.41, 5.74) is 2.65. The molecule has 0 bridgehead atoms. The highest BCUT2D eigenvalue weighted by atomic mass is 16.2. The Hall–Kier alpha value is -2.37. The number of rotatable bonds is 3. The molecule has 1 aliphatic heterocycles. The number of amides is 2. The molecule has 2 heterocycles. The normalized spacial score (nSPS) is 19.0. The summed E-state index contributed by atoms with van der Waals surface area (Å²) in [6.07, 6.45) is 6.56. The third-order valence-electron chi connectivity index (χ3n) is 5.46. The van der Waals surface area contributed by atoms with Gasteiger partial charge in [-0.2, -0.15) is 0 Å². The first-order chi connectivity index (χ1) is 12.2. The summed E-state index contributed by atoms with van der Waals surface area (Å²) in [5.74, 6) is 1.91. The molecular weight excluding hydrogens is 314 g/mol. The van der Waals surface area contributed by atoms with Gasteiger partial charge in [-0.05, 0) is 43.2 Å². The van der Waals surface area contributed by atoms with Gasteiger partial charge < -0.3 is 14.8 Å². The van der Waals surface area contributed by atoms with Crippen molar-refractivity contribution in [3.63, 3.8) is 0 Å². The van der Waals surface area contributed by atoms with Crippen molar-refractivity contribution < 1.29 is 4.79 Å². The first-order valence-electron chi connectivity index (χ1n) is 9.23. The van der Waals surface area contributed by atoms with Gasteiger partial charge in [0.2, 0.25) is 0 Å². The molecule has 1 aliphatic carbocycles. The fourth-order valence-corrected chi connectivity index (χ4v) is 4.05. The van der Waals surface area contributed by atoms with Crippen LogP contribution in [0.15, 0.2) is 24.3 Å². The van der Waals surface area contributed by atoms with E-state index in [2.05, 4.69) is 44.3 Å². The molecule has 132 valence electrons. The molecule has 0 saturated carbocycles. The molecule has 0 spiro atoms. The Balaban J connectivity index is 1.42. The zero-order chi connectivity index (χ0) is 17.2. The van der Waals surface area contributed by atoms with Crippen LogP contribution in [-0.4, -0.2) is 32.7 Å². The van der Waals surface area contributed by atoms with E-state index in [0.29, 0.717) is 6.54 Å². The molecule has 0 saturated heterocycles. The minimum absolute atomic E-state index is 0.0464. The number of urea groups is 1. The first kappa shape index (κ1) is 16.1. The van der Waals surface area contributed by atoms with E-state index in [1.807, 2.05) is 11.9 Å². The maximum absolute atomic E-state index is 12.7. The number of aromatic nitrogens is 3. The van der Waals surface area contributed by atoms with Crippen LogP contribution in [0.2, 0.25) is 0 Å². The monoisotopic (exact) mass is 339 g/mol. The molecular formula is C19H25N5O. The fourth-order valence-electron chi connectivity index (χ4n) is 4.05. The van der Waals surface area contributed by atoms with Gasteiger partial charge in [-0.1, -0.05) is 24.3 Å². The van der Waals surface area contributed by atoms with E-state index >= 15 is 0 Å². The number of hydrogen-bond donors (Lipinski definition) is 1. The van der Waals surface area contributed by atoms with Gasteiger partial charge in [0.1, 0.15) is 5.82 Å². The molecule has 2 amide bonds. The third-order valence-corrected chi connectivity index (χ3v) is 5.46. The number of fused-ring (bicyclic) bond motifs is 2. The highest BCUT2D eigenvalue weighted by Crippen LogP contribution is 2.33. The van der Waals surface area contributed by atoms with Crippen LogP contribution >= 0.6 is 0 Å². The molecule has 0 fully saturated rings. The number of hydrogen-bond acceptors (Lipinski definition) is 3. The molecule has 2 aliphatic rings. The highest BCUT2D eigenvalue weighted by molar-refractivity contribution is 5.74. The summed E-state index contributed by atoms with van der Waals surface area (Å²) in [7, 11) is 1.89. The maximum Gasteiger partial charge on any atom is 0.318 e. The lowest BCUT2D eigenvalue weighted by Crippen LogP contribution is -2.40. The van der Waals surface area contributed by atoms with Crippen molar-refractivity contribution in [2.45, 2.75) is 57.7 Å². The van der Waals surface area contributed by atoms with Crippen LogP contribution < -0.4 is 5.32 Å². The maximum atomic E-state index is 12.7. The quantitative estimate of drug-likeness (QED) is 0.935. The number of aryl methyl sites for hydroxylation is 2. The van der Waals surface area contributed by atoms with Crippen molar-refractivity contribution in [2.24, 2.45) is 0 Å². The van der Waals surface area contributed by atoms with Crippen LogP contribution in [0.3, 0.4) is 0 Å². The predicted octanol–water partition coefficient (Wildman–Crippen LogP) is 2.83. The van der Waals surface area contributed by atoms with Gasteiger partial charge in [0, 0.05) is 20.0 Å². The van der Waals surface area contributed by atoms with E-state index in [4.69, 9.17) is 0 Å². The number of carbonyl (C=O) groups excluding carboxylic acids is 1. The van der Waals surface area contributed by atoms with Gasteiger partial charge in [0.25, 0.3) is 0 Å². The van der Waals surface area contributed by atoms with E-state index in [9.17, 15) is 4.79 Å². The van der Waals surface area contributed by atoms with Crippen LogP contribution in [0.25, 0.3) is 0 Å². The lowest BCUT2D eigenvalue weighted by molar-refractivity contribution is 0.183. The average Bonchev–Trinajstić information content (AvgIpc) is 3.08. The summed E-state index contributed by atoms with van der Waals surface area (Å²) < 4.78 is 2.15. The molecule has 0 unspecified atom stereocenters. The van der Waals surface area contributed by atoms with Crippen molar-refractivity contribution in [3.8, 4) is 0 Å². The smallest absolute Gasteiger partial charge is 0.318 e. The third kappa shape index (κ3) is 3.13. The highest BCUT2D eigenvalue weighted by Gasteiger charge is 2.26. The predicted molar refractivity (Wildman–Crippen MR) is 95.1 cm³/mol. The second kappa shape index (κ2) is 6.86. The van der Waals surface area contributed by atoms with Gasteiger partial charge in [-0.25, -0.2) is 4.79 Å². The molecule has 0 radical (unpaired) electrons. The minimum atomic E-state index is -0.0464. The second-order valence-corrected chi connectivity index (χ2v) is 7.02. The number of nitrogens with one attached hydrogen (secondary N) is 1. The summed E-state index contributed by atoms with van der Waals surface area (Å²) in [4.78, 5) is 14.5. The zero-order valence-electron chi connectivity index (χ0n) is 14.7. The van der Waals surface area contributed by atoms with Crippen LogP contribution in [0.4, 0.5) is 4.79 Å². The lowest BCUT2D eigenvalue weighted by Gasteiger charge is -2.33. The number of nitrogens with zero attached hydrogens (tertiary/aromatic N) is 4. The summed E-state index contributed by atoms with van der Waals surface area (Å²) in [6, 6.07) is 8.57. The lowest BCUT2D eigenvalue weighted by atomic mass is 9.87. The Labute approximate surface area is 148 Å². The van der Waals surface area contributed by atoms with Crippen LogP contribution in [0.5, 0.6) is 0 Å². The molecule has 1 aromatic heterocycles. The van der Waals surface area contributed by atoms with Crippen molar-refractivity contribution >= 4 is 6.03 Å². The molecule has 6 nitrogen and oxygen atoms in total. The van der Waals surface area contributed by atoms with E-state index in [1.165, 1.54) is 17.5 Å². The van der Waals surface area contributed by atoms with Gasteiger partial charge in [0.05, 0.1) is 12.6 Å². The molecule has 2 aromatic rings.